The highest BCUT2D eigenvalue weighted by Crippen LogP contribution is 2.26. The van der Waals surface area contributed by atoms with E-state index in [2.05, 4.69) is 5.32 Å². The number of carbonyl (C=O) groups excluding carboxylic acids is 1. The lowest BCUT2D eigenvalue weighted by Gasteiger charge is -2.19. The summed E-state index contributed by atoms with van der Waals surface area (Å²) in [6.45, 7) is 0.326. The van der Waals surface area contributed by atoms with Crippen LogP contribution in [-0.2, 0) is 16.0 Å². The van der Waals surface area contributed by atoms with Crippen molar-refractivity contribution in [2.45, 2.75) is 18.9 Å². The molecular weight excluding hydrogens is 309 g/mol. The highest BCUT2D eigenvalue weighted by molar-refractivity contribution is 5.76. The van der Waals surface area contributed by atoms with E-state index in [1.807, 2.05) is 24.3 Å². The van der Waals surface area contributed by atoms with E-state index in [1.54, 1.807) is 32.4 Å². The van der Waals surface area contributed by atoms with Crippen molar-refractivity contribution >= 4 is 5.91 Å². The third-order valence-corrected chi connectivity index (χ3v) is 3.83. The van der Waals surface area contributed by atoms with Crippen molar-refractivity contribution < 1.29 is 18.7 Å². The van der Waals surface area contributed by atoms with E-state index in [-0.39, 0.29) is 24.2 Å². The molecule has 0 heterocycles. The van der Waals surface area contributed by atoms with Crippen molar-refractivity contribution in [2.24, 2.45) is 0 Å². The van der Waals surface area contributed by atoms with Gasteiger partial charge in [-0.15, -0.1) is 0 Å². The predicted molar refractivity (Wildman–Crippen MR) is 90.5 cm³/mol. The summed E-state index contributed by atoms with van der Waals surface area (Å²) in [5.74, 6) is 0.286. The topological polar surface area (TPSA) is 47.6 Å². The van der Waals surface area contributed by atoms with Gasteiger partial charge in [0, 0.05) is 25.6 Å². The molecule has 0 saturated carbocycles. The minimum atomic E-state index is -0.307. The first-order chi connectivity index (χ1) is 11.7. The molecule has 24 heavy (non-hydrogen) atoms. The Morgan fingerprint density at radius 3 is 2.54 bits per heavy atom. The lowest BCUT2D eigenvalue weighted by molar-refractivity contribution is -0.121. The molecule has 0 radical (unpaired) electrons. The van der Waals surface area contributed by atoms with Crippen LogP contribution in [-0.4, -0.2) is 26.7 Å². The second-order valence-corrected chi connectivity index (χ2v) is 5.36. The zero-order valence-electron chi connectivity index (χ0n) is 13.9. The molecule has 0 fully saturated rings. The molecule has 1 amide bonds. The summed E-state index contributed by atoms with van der Waals surface area (Å²) in [6, 6.07) is 14.0. The lowest BCUT2D eigenvalue weighted by atomic mass is 10.1. The van der Waals surface area contributed by atoms with Gasteiger partial charge < -0.3 is 14.8 Å². The number of carbonyl (C=O) groups is 1. The maximum atomic E-state index is 13.5. The second-order valence-electron chi connectivity index (χ2n) is 5.36. The number of hydrogen-bond acceptors (Lipinski definition) is 3. The van der Waals surface area contributed by atoms with Crippen LogP contribution in [0.25, 0.3) is 0 Å². The van der Waals surface area contributed by atoms with Crippen LogP contribution in [0.2, 0.25) is 0 Å². The van der Waals surface area contributed by atoms with Crippen LogP contribution in [0.5, 0.6) is 5.75 Å². The van der Waals surface area contributed by atoms with Gasteiger partial charge in [-0.2, -0.15) is 0 Å². The summed E-state index contributed by atoms with van der Waals surface area (Å²) < 4.78 is 24.3. The van der Waals surface area contributed by atoms with Crippen molar-refractivity contribution in [1.29, 1.82) is 0 Å². The number of para-hydroxylation sites is 1. The molecular formula is C19H22FNO3. The smallest absolute Gasteiger partial charge is 0.220 e. The third kappa shape index (κ3) is 4.80. The van der Waals surface area contributed by atoms with Crippen molar-refractivity contribution in [3.05, 3.63) is 65.5 Å². The number of methoxy groups -OCH3 is 2. The van der Waals surface area contributed by atoms with Crippen LogP contribution in [0.4, 0.5) is 4.39 Å². The van der Waals surface area contributed by atoms with Crippen LogP contribution in [0, 0.1) is 5.82 Å². The molecule has 2 aromatic carbocycles. The third-order valence-electron chi connectivity index (χ3n) is 3.83. The zero-order chi connectivity index (χ0) is 17.4. The maximum absolute atomic E-state index is 13.5. The van der Waals surface area contributed by atoms with Crippen molar-refractivity contribution in [3.8, 4) is 5.75 Å². The molecule has 4 nitrogen and oxygen atoms in total. The van der Waals surface area contributed by atoms with E-state index in [0.717, 1.165) is 5.56 Å². The molecule has 0 bridgehead atoms. The summed E-state index contributed by atoms with van der Waals surface area (Å²) in [6.07, 6.45) is 0.284. The first-order valence-corrected chi connectivity index (χ1v) is 7.81. The van der Waals surface area contributed by atoms with Crippen LogP contribution < -0.4 is 10.1 Å². The number of hydrogen-bond donors (Lipinski definition) is 1. The van der Waals surface area contributed by atoms with Gasteiger partial charge in [0.1, 0.15) is 17.7 Å². The summed E-state index contributed by atoms with van der Waals surface area (Å²) >= 11 is 0. The largest absolute Gasteiger partial charge is 0.496 e. The number of ether oxygens (including phenoxy) is 2. The Bertz CT molecular complexity index is 675. The molecule has 5 heteroatoms. The summed E-state index contributed by atoms with van der Waals surface area (Å²) in [5.41, 5.74) is 1.41. The van der Waals surface area contributed by atoms with Crippen LogP contribution in [0.3, 0.4) is 0 Å². The quantitative estimate of drug-likeness (QED) is 0.807. The average molecular weight is 331 g/mol. The van der Waals surface area contributed by atoms with Crippen LogP contribution in [0.1, 0.15) is 23.7 Å². The van der Waals surface area contributed by atoms with Crippen molar-refractivity contribution in [2.75, 3.05) is 20.8 Å². The molecule has 2 rings (SSSR count). The first kappa shape index (κ1) is 17.9. The van der Waals surface area contributed by atoms with Crippen molar-refractivity contribution in [1.82, 2.24) is 5.32 Å². The normalized spacial score (nSPS) is 11.8. The maximum Gasteiger partial charge on any atom is 0.220 e. The lowest BCUT2D eigenvalue weighted by Crippen LogP contribution is -2.29. The van der Waals surface area contributed by atoms with E-state index in [9.17, 15) is 9.18 Å². The fraction of sp³-hybridized carbons (Fsp3) is 0.316. The molecule has 128 valence electrons. The van der Waals surface area contributed by atoms with Crippen LogP contribution in [0.15, 0.2) is 48.5 Å². The molecule has 0 aliphatic heterocycles. The van der Waals surface area contributed by atoms with Gasteiger partial charge in [0.2, 0.25) is 5.91 Å². The highest BCUT2D eigenvalue weighted by atomic mass is 19.1. The summed E-state index contributed by atoms with van der Waals surface area (Å²) in [7, 11) is 3.18. The number of amides is 1. The Kier molecular flexibility index (Phi) is 6.75. The van der Waals surface area contributed by atoms with Gasteiger partial charge in [0.15, 0.2) is 0 Å². The van der Waals surface area contributed by atoms with Crippen LogP contribution >= 0.6 is 0 Å². The van der Waals surface area contributed by atoms with E-state index in [0.29, 0.717) is 24.3 Å². The van der Waals surface area contributed by atoms with E-state index in [1.165, 1.54) is 6.07 Å². The minimum absolute atomic E-state index is 0.143. The summed E-state index contributed by atoms with van der Waals surface area (Å²) in [4.78, 5) is 12.0. The van der Waals surface area contributed by atoms with Gasteiger partial charge in [-0.25, -0.2) is 4.39 Å². The number of aryl methyl sites for hydroxylation is 1. The molecule has 1 atom stereocenters. The fourth-order valence-electron chi connectivity index (χ4n) is 2.50. The molecule has 0 aliphatic rings. The van der Waals surface area contributed by atoms with E-state index in [4.69, 9.17) is 9.47 Å². The number of halogens is 1. The Morgan fingerprint density at radius 2 is 1.83 bits per heavy atom. The van der Waals surface area contributed by atoms with Gasteiger partial charge in [0.05, 0.1) is 7.11 Å². The van der Waals surface area contributed by atoms with E-state index < -0.39 is 0 Å². The Morgan fingerprint density at radius 1 is 1.12 bits per heavy atom. The van der Waals surface area contributed by atoms with Gasteiger partial charge >= 0.3 is 0 Å². The number of nitrogens with one attached hydrogen (secondary N) is 1. The first-order valence-electron chi connectivity index (χ1n) is 7.81. The van der Waals surface area contributed by atoms with E-state index >= 15 is 0 Å². The Hall–Kier alpha value is -2.40. The Balaban J connectivity index is 1.89. The SMILES string of the molecule is COc1ccccc1[C@@H](CNC(=O)CCc1ccccc1F)OC. The average Bonchev–Trinajstić information content (AvgIpc) is 2.62. The monoisotopic (exact) mass is 331 g/mol. The molecule has 2 aromatic rings. The molecule has 0 saturated heterocycles. The predicted octanol–water partition coefficient (Wildman–Crippen LogP) is 3.27. The fourth-order valence-corrected chi connectivity index (χ4v) is 2.50. The van der Waals surface area contributed by atoms with Gasteiger partial charge in [0.25, 0.3) is 0 Å². The zero-order valence-corrected chi connectivity index (χ0v) is 13.9. The number of benzene rings is 2. The standard InChI is InChI=1S/C19H22FNO3/c1-23-17-10-6-4-8-15(17)18(24-2)13-21-19(22)12-11-14-7-3-5-9-16(14)20/h3-10,18H,11-13H2,1-2H3,(H,21,22)/t18-/m1/s1. The van der Waals surface area contributed by atoms with Gasteiger partial charge in [-0.3, -0.25) is 4.79 Å². The Labute approximate surface area is 141 Å². The summed E-state index contributed by atoms with van der Waals surface area (Å²) in [5, 5.41) is 2.83. The number of rotatable bonds is 8. The molecule has 1 N–H and O–H groups in total. The molecule has 0 unspecified atom stereocenters. The van der Waals surface area contributed by atoms with Crippen molar-refractivity contribution in [3.63, 3.8) is 0 Å². The van der Waals surface area contributed by atoms with Gasteiger partial charge in [-0.05, 0) is 24.1 Å². The minimum Gasteiger partial charge on any atom is -0.496 e. The van der Waals surface area contributed by atoms with Gasteiger partial charge in [-0.1, -0.05) is 36.4 Å². The highest BCUT2D eigenvalue weighted by Gasteiger charge is 2.16. The molecule has 0 aromatic heterocycles. The second kappa shape index (κ2) is 9.03. The molecule has 0 aliphatic carbocycles. The molecule has 0 spiro atoms.